The first kappa shape index (κ1) is 14.8. The number of likely N-dealkylation sites (N-methyl/N-ethyl adjacent to an activating group) is 2. The van der Waals surface area contributed by atoms with E-state index in [9.17, 15) is 9.59 Å². The first-order valence-electron chi connectivity index (χ1n) is 5.89. The van der Waals surface area contributed by atoms with Gasteiger partial charge in [-0.1, -0.05) is 12.1 Å². The number of amides is 2. The zero-order chi connectivity index (χ0) is 14.4. The normalized spacial score (nSPS) is 10.5. The van der Waals surface area contributed by atoms with E-state index in [0.29, 0.717) is 5.69 Å². The number of nitrogens with zero attached hydrogens (tertiary/aromatic N) is 2. The summed E-state index contributed by atoms with van der Waals surface area (Å²) in [4.78, 5) is 26.1. The van der Waals surface area contributed by atoms with Crippen molar-refractivity contribution in [2.45, 2.75) is 0 Å². The molecule has 1 rings (SSSR count). The van der Waals surface area contributed by atoms with E-state index in [-0.39, 0.29) is 18.4 Å². The Morgan fingerprint density at radius 3 is 2.26 bits per heavy atom. The summed E-state index contributed by atoms with van der Waals surface area (Å²) in [6, 6.07) is 7.18. The fourth-order valence-corrected chi connectivity index (χ4v) is 1.32. The van der Waals surface area contributed by atoms with Gasteiger partial charge in [0.15, 0.2) is 0 Å². The van der Waals surface area contributed by atoms with Crippen LogP contribution in [0.5, 0.6) is 0 Å². The van der Waals surface area contributed by atoms with Gasteiger partial charge >= 0.3 is 0 Å². The number of rotatable bonds is 4. The molecule has 0 aliphatic heterocycles. The van der Waals surface area contributed by atoms with Crippen LogP contribution in [0.4, 0.5) is 5.69 Å². The Hall–Kier alpha value is -2.30. The summed E-state index contributed by atoms with van der Waals surface area (Å²) in [6.45, 7) is 0.0674. The minimum absolute atomic E-state index is 0.0674. The zero-order valence-corrected chi connectivity index (χ0v) is 11.5. The number of anilines is 1. The van der Waals surface area contributed by atoms with Gasteiger partial charge in [-0.25, -0.2) is 0 Å². The number of hydrogen-bond acceptors (Lipinski definition) is 3. The van der Waals surface area contributed by atoms with Crippen LogP contribution in [0, 0.1) is 0 Å². The van der Waals surface area contributed by atoms with Crippen molar-refractivity contribution in [2.24, 2.45) is 0 Å². The molecule has 5 heteroatoms. The molecule has 0 aliphatic rings. The van der Waals surface area contributed by atoms with Gasteiger partial charge in [0.25, 0.3) is 0 Å². The summed E-state index contributed by atoms with van der Waals surface area (Å²) in [5.41, 5.74) is 7.13. The number of nitrogens with two attached hydrogens (primary N) is 1. The topological polar surface area (TPSA) is 66.6 Å². The molecule has 1 aromatic rings. The van der Waals surface area contributed by atoms with Crippen molar-refractivity contribution in [3.05, 3.63) is 35.9 Å². The van der Waals surface area contributed by atoms with Crippen molar-refractivity contribution in [2.75, 3.05) is 33.4 Å². The molecule has 102 valence electrons. The molecule has 5 nitrogen and oxygen atoms in total. The highest BCUT2D eigenvalue weighted by Crippen LogP contribution is 2.07. The molecule has 0 radical (unpaired) electrons. The quantitative estimate of drug-likeness (QED) is 0.645. The lowest BCUT2D eigenvalue weighted by atomic mass is 10.2. The molecule has 0 saturated carbocycles. The molecule has 0 heterocycles. The van der Waals surface area contributed by atoms with E-state index in [2.05, 4.69) is 0 Å². The van der Waals surface area contributed by atoms with Crippen LogP contribution in [-0.4, -0.2) is 49.3 Å². The van der Waals surface area contributed by atoms with Crippen molar-refractivity contribution in [1.29, 1.82) is 0 Å². The molecule has 2 amide bonds. The summed E-state index contributed by atoms with van der Waals surface area (Å²) in [6.07, 6.45) is 3.13. The third kappa shape index (κ3) is 4.83. The molecule has 19 heavy (non-hydrogen) atoms. The van der Waals surface area contributed by atoms with E-state index in [4.69, 9.17) is 5.73 Å². The molecule has 0 aliphatic carbocycles. The van der Waals surface area contributed by atoms with E-state index < -0.39 is 0 Å². The van der Waals surface area contributed by atoms with Crippen molar-refractivity contribution in [3.63, 3.8) is 0 Å². The third-order valence-corrected chi connectivity index (χ3v) is 2.60. The molecule has 0 unspecified atom stereocenters. The second-order valence-electron chi connectivity index (χ2n) is 4.48. The highest BCUT2D eigenvalue weighted by Gasteiger charge is 2.11. The summed E-state index contributed by atoms with van der Waals surface area (Å²) in [5.74, 6) is -0.330. The lowest BCUT2D eigenvalue weighted by molar-refractivity contribution is -0.135. The van der Waals surface area contributed by atoms with Gasteiger partial charge in [0, 0.05) is 32.9 Å². The molecule has 0 spiro atoms. The lowest BCUT2D eigenvalue weighted by Gasteiger charge is -2.17. The minimum Gasteiger partial charge on any atom is -0.399 e. The van der Waals surface area contributed by atoms with Gasteiger partial charge in [0.05, 0.1) is 6.54 Å². The fourth-order valence-electron chi connectivity index (χ4n) is 1.32. The molecule has 0 bridgehead atoms. The summed E-state index contributed by atoms with van der Waals surface area (Å²) in [7, 11) is 4.91. The number of nitrogen functional groups attached to an aromatic ring is 1. The predicted molar refractivity (Wildman–Crippen MR) is 76.2 cm³/mol. The smallest absolute Gasteiger partial charge is 0.246 e. The van der Waals surface area contributed by atoms with Crippen LogP contribution in [0.1, 0.15) is 5.56 Å². The van der Waals surface area contributed by atoms with E-state index in [1.54, 1.807) is 39.4 Å². The number of carbonyl (C=O) groups is 2. The minimum atomic E-state index is -0.216. The van der Waals surface area contributed by atoms with Gasteiger partial charge in [-0.2, -0.15) is 0 Å². The van der Waals surface area contributed by atoms with E-state index in [1.807, 2.05) is 12.1 Å². The monoisotopic (exact) mass is 261 g/mol. The van der Waals surface area contributed by atoms with Gasteiger partial charge < -0.3 is 15.5 Å². The highest BCUT2D eigenvalue weighted by molar-refractivity contribution is 5.94. The molecule has 0 atom stereocenters. The van der Waals surface area contributed by atoms with Gasteiger partial charge in [0.2, 0.25) is 11.8 Å². The molecule has 0 saturated heterocycles. The van der Waals surface area contributed by atoms with E-state index in [1.165, 1.54) is 15.9 Å². The lowest BCUT2D eigenvalue weighted by Crippen LogP contribution is -2.36. The average molecular weight is 261 g/mol. The van der Waals surface area contributed by atoms with Crippen molar-refractivity contribution >= 4 is 23.6 Å². The molecular formula is C14H19N3O2. The highest BCUT2D eigenvalue weighted by atomic mass is 16.2. The van der Waals surface area contributed by atoms with E-state index >= 15 is 0 Å². The Morgan fingerprint density at radius 1 is 1.16 bits per heavy atom. The molecule has 2 N–H and O–H groups in total. The van der Waals surface area contributed by atoms with Gasteiger partial charge in [0.1, 0.15) is 0 Å². The second-order valence-corrected chi connectivity index (χ2v) is 4.48. The van der Waals surface area contributed by atoms with Crippen molar-refractivity contribution in [1.82, 2.24) is 9.80 Å². The van der Waals surface area contributed by atoms with Crippen LogP contribution < -0.4 is 5.73 Å². The Labute approximate surface area is 113 Å². The maximum Gasteiger partial charge on any atom is 0.246 e. The van der Waals surface area contributed by atoms with Crippen LogP contribution in [0.2, 0.25) is 0 Å². The van der Waals surface area contributed by atoms with Crippen LogP contribution in [0.3, 0.4) is 0 Å². The zero-order valence-electron chi connectivity index (χ0n) is 11.5. The van der Waals surface area contributed by atoms with Crippen LogP contribution in [-0.2, 0) is 9.59 Å². The summed E-state index contributed by atoms with van der Waals surface area (Å²) in [5, 5.41) is 0. The molecular weight excluding hydrogens is 242 g/mol. The van der Waals surface area contributed by atoms with E-state index in [0.717, 1.165) is 5.56 Å². The summed E-state index contributed by atoms with van der Waals surface area (Å²) < 4.78 is 0. The van der Waals surface area contributed by atoms with Gasteiger partial charge in [-0.05, 0) is 23.8 Å². The SMILES string of the molecule is CN(C)C(=O)CN(C)C(=O)/C=C/c1ccc(N)cc1. The fraction of sp³-hybridized carbons (Fsp3) is 0.286. The van der Waals surface area contributed by atoms with Crippen molar-refractivity contribution < 1.29 is 9.59 Å². The Bertz CT molecular complexity index is 478. The Kier molecular flexibility index (Phi) is 5.11. The summed E-state index contributed by atoms with van der Waals surface area (Å²) >= 11 is 0. The average Bonchev–Trinajstić information content (AvgIpc) is 2.37. The maximum atomic E-state index is 11.8. The number of benzene rings is 1. The third-order valence-electron chi connectivity index (χ3n) is 2.60. The predicted octanol–water partition coefficient (Wildman–Crippen LogP) is 0.829. The van der Waals surface area contributed by atoms with Crippen LogP contribution >= 0.6 is 0 Å². The molecule has 0 aromatic heterocycles. The molecule has 1 aromatic carbocycles. The van der Waals surface area contributed by atoms with Crippen molar-refractivity contribution in [3.8, 4) is 0 Å². The first-order valence-corrected chi connectivity index (χ1v) is 5.89. The number of hydrogen-bond donors (Lipinski definition) is 1. The standard InChI is InChI=1S/C14H19N3O2/c1-16(2)14(19)10-17(3)13(18)9-6-11-4-7-12(15)8-5-11/h4-9H,10,15H2,1-3H3/b9-6+. The Morgan fingerprint density at radius 2 is 1.74 bits per heavy atom. The molecule has 0 fully saturated rings. The largest absolute Gasteiger partial charge is 0.399 e. The van der Waals surface area contributed by atoms with Crippen LogP contribution in [0.15, 0.2) is 30.3 Å². The number of carbonyl (C=O) groups excluding carboxylic acids is 2. The second kappa shape index (κ2) is 6.58. The van der Waals surface area contributed by atoms with Gasteiger partial charge in [-0.3, -0.25) is 9.59 Å². The van der Waals surface area contributed by atoms with Crippen LogP contribution in [0.25, 0.3) is 6.08 Å². The Balaban J connectivity index is 2.59. The van der Waals surface area contributed by atoms with Gasteiger partial charge in [-0.15, -0.1) is 0 Å². The maximum absolute atomic E-state index is 11.8. The first-order chi connectivity index (χ1) is 8.90.